The summed E-state index contributed by atoms with van der Waals surface area (Å²) in [5.41, 5.74) is -0.598. The van der Waals surface area contributed by atoms with Crippen molar-refractivity contribution < 1.29 is 19.5 Å². The third-order valence-electron chi connectivity index (χ3n) is 4.59. The fourth-order valence-corrected chi connectivity index (χ4v) is 2.97. The van der Waals surface area contributed by atoms with Crippen LogP contribution in [-0.2, 0) is 9.59 Å². The third-order valence-corrected chi connectivity index (χ3v) is 4.59. The maximum atomic E-state index is 12.1. The Morgan fingerprint density at radius 1 is 1.13 bits per heavy atom. The molecule has 0 spiro atoms. The number of carboxylic acid groups (broad SMARTS) is 1. The smallest absolute Gasteiger partial charge is 0.329 e. The van der Waals surface area contributed by atoms with Crippen LogP contribution in [0.15, 0.2) is 30.3 Å². The lowest BCUT2D eigenvalue weighted by molar-refractivity contribution is -0.149. The maximum Gasteiger partial charge on any atom is 0.329 e. The molecule has 1 aromatic carbocycles. The molecule has 0 bridgehead atoms. The second-order valence-electron chi connectivity index (χ2n) is 6.41. The Balaban J connectivity index is 1.90. The minimum Gasteiger partial charge on any atom is -0.480 e. The average molecular weight is 317 g/mol. The molecule has 124 valence electrons. The average Bonchev–Trinajstić information content (AvgIpc) is 2.55. The van der Waals surface area contributed by atoms with Crippen molar-refractivity contribution in [3.8, 4) is 0 Å². The summed E-state index contributed by atoms with van der Waals surface area (Å²) in [6.45, 7) is 2.09. The molecule has 1 fully saturated rings. The number of Topliss-reactive ketones (excluding diaryl/α,β-unsaturated/α-hetero) is 1. The largest absolute Gasteiger partial charge is 0.480 e. The first kappa shape index (κ1) is 17.2. The summed E-state index contributed by atoms with van der Waals surface area (Å²) in [4.78, 5) is 35.7. The monoisotopic (exact) mass is 317 g/mol. The van der Waals surface area contributed by atoms with Gasteiger partial charge >= 0.3 is 5.97 Å². The Kier molecular flexibility index (Phi) is 5.53. The summed E-state index contributed by atoms with van der Waals surface area (Å²) in [7, 11) is 0. The van der Waals surface area contributed by atoms with Crippen molar-refractivity contribution in [3.05, 3.63) is 35.9 Å². The lowest BCUT2D eigenvalue weighted by Crippen LogP contribution is -2.56. The van der Waals surface area contributed by atoms with Gasteiger partial charge < -0.3 is 10.4 Å². The molecule has 0 unspecified atom stereocenters. The van der Waals surface area contributed by atoms with Crippen molar-refractivity contribution in [2.24, 2.45) is 5.92 Å². The van der Waals surface area contributed by atoms with Gasteiger partial charge in [0, 0.05) is 18.4 Å². The van der Waals surface area contributed by atoms with Gasteiger partial charge in [-0.3, -0.25) is 9.59 Å². The number of amides is 1. The molecular formula is C18H23NO4. The van der Waals surface area contributed by atoms with E-state index >= 15 is 0 Å². The van der Waals surface area contributed by atoms with E-state index in [2.05, 4.69) is 12.2 Å². The van der Waals surface area contributed by atoms with E-state index in [1.807, 2.05) is 6.07 Å². The molecule has 1 aliphatic rings. The van der Waals surface area contributed by atoms with Crippen LogP contribution in [-0.4, -0.2) is 28.3 Å². The zero-order valence-electron chi connectivity index (χ0n) is 13.4. The fourth-order valence-electron chi connectivity index (χ4n) is 2.97. The normalized spacial score (nSPS) is 24.0. The van der Waals surface area contributed by atoms with Crippen molar-refractivity contribution in [3.63, 3.8) is 0 Å². The summed E-state index contributed by atoms with van der Waals surface area (Å²) in [6.07, 6.45) is 2.56. The van der Waals surface area contributed by atoms with Gasteiger partial charge in [-0.1, -0.05) is 37.3 Å². The number of rotatable bonds is 6. The highest BCUT2D eigenvalue weighted by atomic mass is 16.4. The van der Waals surface area contributed by atoms with Crippen molar-refractivity contribution in [2.75, 3.05) is 0 Å². The van der Waals surface area contributed by atoms with E-state index in [1.165, 1.54) is 0 Å². The van der Waals surface area contributed by atoms with Gasteiger partial charge in [-0.25, -0.2) is 4.79 Å². The molecule has 1 amide bonds. The second-order valence-corrected chi connectivity index (χ2v) is 6.41. The van der Waals surface area contributed by atoms with Gasteiger partial charge in [-0.05, 0) is 31.6 Å². The van der Waals surface area contributed by atoms with Gasteiger partial charge in [-0.15, -0.1) is 0 Å². The summed E-state index contributed by atoms with van der Waals surface area (Å²) in [5, 5.41) is 12.2. The Hall–Kier alpha value is -2.17. The molecular weight excluding hydrogens is 294 g/mol. The zero-order chi connectivity index (χ0) is 16.9. The molecule has 0 aromatic heterocycles. The molecule has 0 atom stereocenters. The van der Waals surface area contributed by atoms with Gasteiger partial charge in [0.1, 0.15) is 5.54 Å². The van der Waals surface area contributed by atoms with Crippen LogP contribution in [0.25, 0.3) is 0 Å². The number of carbonyl (C=O) groups excluding carboxylic acids is 2. The molecule has 0 saturated heterocycles. The minimum absolute atomic E-state index is 0.0122. The molecule has 0 aliphatic heterocycles. The Labute approximate surface area is 136 Å². The lowest BCUT2D eigenvalue weighted by atomic mass is 9.77. The molecule has 2 N–H and O–H groups in total. The molecule has 1 aromatic rings. The van der Waals surface area contributed by atoms with Crippen molar-refractivity contribution in [1.29, 1.82) is 0 Å². The molecule has 5 nitrogen and oxygen atoms in total. The van der Waals surface area contributed by atoms with Crippen LogP contribution in [0.3, 0.4) is 0 Å². The van der Waals surface area contributed by atoms with E-state index in [0.717, 1.165) is 12.8 Å². The molecule has 5 heteroatoms. The second kappa shape index (κ2) is 7.40. The summed E-state index contributed by atoms with van der Waals surface area (Å²) < 4.78 is 0. The SMILES string of the molecule is CC1CCC(NC(=O)CCC(=O)c2ccccc2)(C(=O)O)CC1. The number of ketones is 1. The van der Waals surface area contributed by atoms with Crippen LogP contribution < -0.4 is 5.32 Å². The topological polar surface area (TPSA) is 83.5 Å². The molecule has 1 saturated carbocycles. The quantitative estimate of drug-likeness (QED) is 0.790. The number of aliphatic carboxylic acids is 1. The van der Waals surface area contributed by atoms with Crippen LogP contribution in [0.2, 0.25) is 0 Å². The minimum atomic E-state index is -1.17. The van der Waals surface area contributed by atoms with Crippen LogP contribution in [0.4, 0.5) is 0 Å². The standard InChI is InChI=1S/C18H23NO4/c1-13-9-11-18(12-10-13,17(22)23)19-16(21)8-7-15(20)14-5-3-2-4-6-14/h2-6,13H,7-12H2,1H3,(H,19,21)(H,22,23). The number of benzene rings is 1. The lowest BCUT2D eigenvalue weighted by Gasteiger charge is -2.36. The third kappa shape index (κ3) is 4.41. The van der Waals surface area contributed by atoms with Gasteiger partial charge in [0.2, 0.25) is 5.91 Å². The van der Waals surface area contributed by atoms with Crippen LogP contribution >= 0.6 is 0 Å². The van der Waals surface area contributed by atoms with Gasteiger partial charge in [0.25, 0.3) is 0 Å². The molecule has 0 radical (unpaired) electrons. The number of nitrogens with one attached hydrogen (secondary N) is 1. The first-order chi connectivity index (χ1) is 10.9. The Bertz CT molecular complexity index is 574. The van der Waals surface area contributed by atoms with E-state index in [-0.39, 0.29) is 24.5 Å². The molecule has 2 rings (SSSR count). The highest BCUT2D eigenvalue weighted by Crippen LogP contribution is 2.32. The zero-order valence-corrected chi connectivity index (χ0v) is 13.4. The van der Waals surface area contributed by atoms with E-state index in [9.17, 15) is 19.5 Å². The van der Waals surface area contributed by atoms with Gasteiger partial charge in [-0.2, -0.15) is 0 Å². The highest BCUT2D eigenvalue weighted by Gasteiger charge is 2.42. The van der Waals surface area contributed by atoms with E-state index in [4.69, 9.17) is 0 Å². The van der Waals surface area contributed by atoms with Crippen LogP contribution in [0, 0.1) is 5.92 Å². The summed E-state index contributed by atoms with van der Waals surface area (Å²) >= 11 is 0. The van der Waals surface area contributed by atoms with E-state index in [1.54, 1.807) is 24.3 Å². The van der Waals surface area contributed by atoms with Gasteiger partial charge in [0.05, 0.1) is 0 Å². The summed E-state index contributed by atoms with van der Waals surface area (Å²) in [5.74, 6) is -0.972. The number of hydrogen-bond donors (Lipinski definition) is 2. The number of hydrogen-bond acceptors (Lipinski definition) is 3. The van der Waals surface area contributed by atoms with Crippen molar-refractivity contribution >= 4 is 17.7 Å². The first-order valence-corrected chi connectivity index (χ1v) is 8.05. The van der Waals surface area contributed by atoms with Crippen LogP contribution in [0.5, 0.6) is 0 Å². The number of carboxylic acids is 1. The predicted octanol–water partition coefficient (Wildman–Crippen LogP) is 2.80. The van der Waals surface area contributed by atoms with E-state index in [0.29, 0.717) is 24.3 Å². The summed E-state index contributed by atoms with van der Waals surface area (Å²) in [6, 6.07) is 8.79. The Morgan fingerprint density at radius 3 is 2.30 bits per heavy atom. The molecule has 0 heterocycles. The number of carbonyl (C=O) groups is 3. The Morgan fingerprint density at radius 2 is 1.74 bits per heavy atom. The van der Waals surface area contributed by atoms with Crippen LogP contribution in [0.1, 0.15) is 55.8 Å². The molecule has 1 aliphatic carbocycles. The maximum absolute atomic E-state index is 12.1. The fraction of sp³-hybridized carbons (Fsp3) is 0.500. The van der Waals surface area contributed by atoms with Crippen molar-refractivity contribution in [1.82, 2.24) is 5.32 Å². The van der Waals surface area contributed by atoms with Crippen molar-refractivity contribution in [2.45, 2.75) is 51.0 Å². The highest BCUT2D eigenvalue weighted by molar-refractivity contribution is 5.98. The molecule has 23 heavy (non-hydrogen) atoms. The first-order valence-electron chi connectivity index (χ1n) is 8.05. The predicted molar refractivity (Wildman–Crippen MR) is 86.1 cm³/mol. The van der Waals surface area contributed by atoms with Gasteiger partial charge in [0.15, 0.2) is 5.78 Å². The van der Waals surface area contributed by atoms with E-state index < -0.39 is 11.5 Å².